The molecule has 2 aromatic heterocycles. The molecule has 0 spiro atoms. The van der Waals surface area contributed by atoms with Crippen molar-refractivity contribution >= 4 is 0 Å². The third-order valence-electron chi connectivity index (χ3n) is 1.11. The van der Waals surface area contributed by atoms with Gasteiger partial charge in [-0.2, -0.15) is 0 Å². The first-order valence-electron chi connectivity index (χ1n) is 3.51. The summed E-state index contributed by atoms with van der Waals surface area (Å²) in [5, 5.41) is 0. The van der Waals surface area contributed by atoms with E-state index in [4.69, 9.17) is 8.83 Å². The molecule has 2 rings (SSSR count). The highest BCUT2D eigenvalue weighted by atomic mass is 16.3. The summed E-state index contributed by atoms with van der Waals surface area (Å²) < 4.78 is 9.44. The molecule has 0 saturated heterocycles. The Balaban J connectivity index is 0.000000120. The molecule has 0 N–H and O–H groups in total. The minimum Gasteiger partial charge on any atom is -0.449 e. The van der Waals surface area contributed by atoms with Crippen LogP contribution in [0.15, 0.2) is 33.8 Å². The average Bonchev–Trinajstić information content (AvgIpc) is 2.63. The van der Waals surface area contributed by atoms with Gasteiger partial charge >= 0.3 is 0 Å². The van der Waals surface area contributed by atoms with E-state index in [-0.39, 0.29) is 0 Å². The van der Waals surface area contributed by atoms with E-state index in [0.29, 0.717) is 0 Å². The summed E-state index contributed by atoms with van der Waals surface area (Å²) in [4.78, 5) is 7.50. The highest BCUT2D eigenvalue weighted by Gasteiger charge is 1.78. The van der Waals surface area contributed by atoms with Gasteiger partial charge in [-0.3, -0.25) is 0 Å². The Morgan fingerprint density at radius 3 is 1.42 bits per heavy atom. The summed E-state index contributed by atoms with van der Waals surface area (Å²) in [6.07, 6.45) is 6.34. The van der Waals surface area contributed by atoms with Crippen LogP contribution in [0.3, 0.4) is 0 Å². The zero-order valence-corrected chi connectivity index (χ0v) is 7.02. The van der Waals surface area contributed by atoms with Gasteiger partial charge in [0.25, 0.3) is 0 Å². The summed E-state index contributed by atoms with van der Waals surface area (Å²) in [5.74, 6) is 1.44. The molecule has 0 aliphatic heterocycles. The second kappa shape index (κ2) is 4.33. The molecule has 0 saturated carbocycles. The van der Waals surface area contributed by atoms with Crippen molar-refractivity contribution in [3.05, 3.63) is 36.7 Å². The predicted octanol–water partition coefficient (Wildman–Crippen LogP) is 1.97. The topological polar surface area (TPSA) is 52.1 Å². The van der Waals surface area contributed by atoms with E-state index in [2.05, 4.69) is 9.97 Å². The molecule has 0 radical (unpaired) electrons. The zero-order valence-electron chi connectivity index (χ0n) is 7.02. The molecule has 2 heterocycles. The fraction of sp³-hybridized carbons (Fsp3) is 0.250. The number of oxazole rings is 2. The van der Waals surface area contributed by atoms with E-state index >= 15 is 0 Å². The molecule has 0 atom stereocenters. The molecule has 12 heavy (non-hydrogen) atoms. The van der Waals surface area contributed by atoms with Crippen LogP contribution in [-0.2, 0) is 0 Å². The molecule has 0 fully saturated rings. The Hall–Kier alpha value is -1.58. The Morgan fingerprint density at radius 2 is 1.33 bits per heavy atom. The Morgan fingerprint density at radius 1 is 0.917 bits per heavy atom. The van der Waals surface area contributed by atoms with Crippen molar-refractivity contribution in [1.82, 2.24) is 9.97 Å². The lowest BCUT2D eigenvalue weighted by Gasteiger charge is -1.67. The van der Waals surface area contributed by atoms with E-state index in [9.17, 15) is 0 Å². The predicted molar refractivity (Wildman–Crippen MR) is 42.5 cm³/mol. The van der Waals surface area contributed by atoms with Gasteiger partial charge in [0.1, 0.15) is 12.5 Å². The van der Waals surface area contributed by atoms with E-state index < -0.39 is 0 Å². The molecule has 2 aromatic rings. The van der Waals surface area contributed by atoms with Crippen molar-refractivity contribution in [3.63, 3.8) is 0 Å². The molecule has 4 heteroatoms. The third kappa shape index (κ3) is 3.01. The summed E-state index contributed by atoms with van der Waals surface area (Å²) in [7, 11) is 0. The van der Waals surface area contributed by atoms with Crippen LogP contribution in [0.5, 0.6) is 0 Å². The lowest BCUT2D eigenvalue weighted by molar-refractivity contribution is 0.521. The van der Waals surface area contributed by atoms with Crippen LogP contribution < -0.4 is 0 Å². The monoisotopic (exact) mass is 166 g/mol. The third-order valence-corrected chi connectivity index (χ3v) is 1.11. The number of hydrogen-bond acceptors (Lipinski definition) is 4. The van der Waals surface area contributed by atoms with Crippen molar-refractivity contribution < 1.29 is 8.83 Å². The average molecular weight is 166 g/mol. The molecule has 0 aliphatic carbocycles. The lowest BCUT2D eigenvalue weighted by atomic mass is 10.8. The summed E-state index contributed by atoms with van der Waals surface area (Å²) in [6.45, 7) is 3.61. The van der Waals surface area contributed by atoms with Crippen molar-refractivity contribution in [3.8, 4) is 0 Å². The van der Waals surface area contributed by atoms with Gasteiger partial charge in [-0.05, 0) is 0 Å². The number of aryl methyl sites for hydroxylation is 2. The molecule has 0 unspecified atom stereocenters. The minimum atomic E-state index is 0.718. The van der Waals surface area contributed by atoms with Crippen LogP contribution in [-0.4, -0.2) is 9.97 Å². The molecule has 0 amide bonds. The first-order chi connectivity index (χ1) is 5.79. The van der Waals surface area contributed by atoms with Crippen LogP contribution >= 0.6 is 0 Å². The van der Waals surface area contributed by atoms with Crippen LogP contribution in [0.1, 0.15) is 11.8 Å². The molecule has 0 aromatic carbocycles. The highest BCUT2D eigenvalue weighted by molar-refractivity contribution is 4.72. The van der Waals surface area contributed by atoms with E-state index in [1.165, 1.54) is 0 Å². The van der Waals surface area contributed by atoms with Crippen LogP contribution in [0, 0.1) is 13.8 Å². The second-order valence-corrected chi connectivity index (χ2v) is 2.10. The standard InChI is InChI=1S/2C4H5NO/c2*1-4-5-2-3-6-4/h2*2-3H,1H3. The molecule has 0 bridgehead atoms. The van der Waals surface area contributed by atoms with Crippen molar-refractivity contribution in [1.29, 1.82) is 0 Å². The fourth-order valence-electron chi connectivity index (χ4n) is 0.589. The second-order valence-electron chi connectivity index (χ2n) is 2.10. The highest BCUT2D eigenvalue weighted by Crippen LogP contribution is 1.87. The largest absolute Gasteiger partial charge is 0.449 e. The van der Waals surface area contributed by atoms with E-state index in [1.807, 2.05) is 0 Å². The SMILES string of the molecule is Cc1ncco1.Cc1ncco1. The van der Waals surface area contributed by atoms with Gasteiger partial charge in [0.15, 0.2) is 11.8 Å². The number of aromatic nitrogens is 2. The van der Waals surface area contributed by atoms with Crippen LogP contribution in [0.2, 0.25) is 0 Å². The van der Waals surface area contributed by atoms with Gasteiger partial charge in [-0.25, -0.2) is 9.97 Å². The number of hydrogen-bond donors (Lipinski definition) is 0. The maximum atomic E-state index is 4.72. The number of rotatable bonds is 0. The van der Waals surface area contributed by atoms with Crippen LogP contribution in [0.25, 0.3) is 0 Å². The smallest absolute Gasteiger partial charge is 0.190 e. The number of nitrogens with zero attached hydrogens (tertiary/aromatic N) is 2. The molecular weight excluding hydrogens is 156 g/mol. The van der Waals surface area contributed by atoms with Gasteiger partial charge in [0.2, 0.25) is 0 Å². The zero-order chi connectivity index (χ0) is 8.81. The lowest BCUT2D eigenvalue weighted by Crippen LogP contribution is -1.59. The van der Waals surface area contributed by atoms with Crippen molar-refractivity contribution in [2.75, 3.05) is 0 Å². The maximum Gasteiger partial charge on any atom is 0.190 e. The van der Waals surface area contributed by atoms with Gasteiger partial charge in [0.05, 0.1) is 12.4 Å². The molecule has 0 aliphatic rings. The quantitative estimate of drug-likeness (QED) is 0.600. The van der Waals surface area contributed by atoms with Gasteiger partial charge < -0.3 is 8.83 Å². The summed E-state index contributed by atoms with van der Waals surface area (Å²) >= 11 is 0. The van der Waals surface area contributed by atoms with Gasteiger partial charge in [-0.1, -0.05) is 0 Å². The first-order valence-corrected chi connectivity index (χ1v) is 3.51. The summed E-state index contributed by atoms with van der Waals surface area (Å²) in [5.41, 5.74) is 0. The molecular formula is C8H10N2O2. The minimum absolute atomic E-state index is 0.718. The normalized spacial score (nSPS) is 8.83. The molecule has 4 nitrogen and oxygen atoms in total. The van der Waals surface area contributed by atoms with Gasteiger partial charge in [-0.15, -0.1) is 0 Å². The van der Waals surface area contributed by atoms with E-state index in [1.54, 1.807) is 38.8 Å². The summed E-state index contributed by atoms with van der Waals surface area (Å²) in [6, 6.07) is 0. The van der Waals surface area contributed by atoms with Crippen LogP contribution in [0.4, 0.5) is 0 Å². The maximum absolute atomic E-state index is 4.72. The first kappa shape index (κ1) is 8.52. The van der Waals surface area contributed by atoms with Gasteiger partial charge in [0, 0.05) is 13.8 Å². The van der Waals surface area contributed by atoms with E-state index in [0.717, 1.165) is 11.8 Å². The Kier molecular flexibility index (Phi) is 3.07. The van der Waals surface area contributed by atoms with Crippen molar-refractivity contribution in [2.45, 2.75) is 13.8 Å². The fourth-order valence-corrected chi connectivity index (χ4v) is 0.589. The van der Waals surface area contributed by atoms with Crippen molar-refractivity contribution in [2.24, 2.45) is 0 Å². The Bertz CT molecular complexity index is 254. The molecule has 64 valence electrons. The Labute approximate surface area is 70.3 Å².